The van der Waals surface area contributed by atoms with E-state index in [1.54, 1.807) is 0 Å². The number of hydrogen-bond donors (Lipinski definition) is 0. The molecule has 2 aromatic carbocycles. The van der Waals surface area contributed by atoms with Gasteiger partial charge in [-0.3, -0.25) is 14.9 Å². The van der Waals surface area contributed by atoms with Crippen molar-refractivity contribution < 1.29 is 9.72 Å². The fourth-order valence-electron chi connectivity index (χ4n) is 1.91. The van der Waals surface area contributed by atoms with Crippen LogP contribution in [0, 0.1) is 10.1 Å². The average Bonchev–Trinajstić information content (AvgIpc) is 2.52. The van der Waals surface area contributed by atoms with E-state index in [-0.39, 0.29) is 11.5 Å². The number of hydrogen-bond acceptors (Lipinski definition) is 3. The molecule has 0 aliphatic rings. The minimum Gasteiger partial charge on any atom is -0.294 e. The maximum absolute atomic E-state index is 11.9. The SMILES string of the molecule is O=C(CC/C=C/c1ccccc1)c1ccc([N+](=O)[O-])cc1. The molecule has 2 aromatic rings. The molecule has 0 unspecified atom stereocenters. The van der Waals surface area contributed by atoms with E-state index < -0.39 is 4.92 Å². The summed E-state index contributed by atoms with van der Waals surface area (Å²) in [6, 6.07) is 15.6. The van der Waals surface area contributed by atoms with Crippen molar-refractivity contribution in [1.82, 2.24) is 0 Å². The standard InChI is InChI=1S/C17H15NO3/c19-17(15-10-12-16(13-11-15)18(20)21)9-5-4-8-14-6-2-1-3-7-14/h1-4,6-8,10-13H,5,9H2/b8-4+. The van der Waals surface area contributed by atoms with Crippen molar-refractivity contribution in [2.24, 2.45) is 0 Å². The third-order valence-corrected chi connectivity index (χ3v) is 3.05. The van der Waals surface area contributed by atoms with Crippen LogP contribution in [0.15, 0.2) is 60.7 Å². The van der Waals surface area contributed by atoms with Gasteiger partial charge in [0.25, 0.3) is 5.69 Å². The van der Waals surface area contributed by atoms with Gasteiger partial charge < -0.3 is 0 Å². The highest BCUT2D eigenvalue weighted by atomic mass is 16.6. The second-order valence-electron chi connectivity index (χ2n) is 4.58. The van der Waals surface area contributed by atoms with Crippen LogP contribution in [0.5, 0.6) is 0 Å². The monoisotopic (exact) mass is 281 g/mol. The Morgan fingerprint density at radius 3 is 2.33 bits per heavy atom. The second-order valence-corrected chi connectivity index (χ2v) is 4.58. The normalized spacial score (nSPS) is 10.7. The molecule has 0 aliphatic heterocycles. The fraction of sp³-hybridized carbons (Fsp3) is 0.118. The average molecular weight is 281 g/mol. The van der Waals surface area contributed by atoms with E-state index in [4.69, 9.17) is 0 Å². The summed E-state index contributed by atoms with van der Waals surface area (Å²) in [5.41, 5.74) is 1.60. The van der Waals surface area contributed by atoms with Gasteiger partial charge in [0.1, 0.15) is 0 Å². The van der Waals surface area contributed by atoms with Crippen molar-refractivity contribution in [3.63, 3.8) is 0 Å². The summed E-state index contributed by atoms with van der Waals surface area (Å²) in [6.45, 7) is 0. The van der Waals surface area contributed by atoms with Crippen LogP contribution in [0.4, 0.5) is 5.69 Å². The van der Waals surface area contributed by atoms with Crippen LogP contribution in [0.25, 0.3) is 6.08 Å². The number of ketones is 1. The van der Waals surface area contributed by atoms with Crippen molar-refractivity contribution >= 4 is 17.5 Å². The first-order valence-corrected chi connectivity index (χ1v) is 6.66. The molecule has 0 aliphatic carbocycles. The van der Waals surface area contributed by atoms with Crippen LogP contribution in [-0.2, 0) is 0 Å². The van der Waals surface area contributed by atoms with Crippen molar-refractivity contribution in [1.29, 1.82) is 0 Å². The molecule has 0 amide bonds. The maximum Gasteiger partial charge on any atom is 0.269 e. The number of nitro groups is 1. The van der Waals surface area contributed by atoms with Gasteiger partial charge in [0.2, 0.25) is 0 Å². The van der Waals surface area contributed by atoms with Gasteiger partial charge in [-0.2, -0.15) is 0 Å². The van der Waals surface area contributed by atoms with Crippen LogP contribution in [0.3, 0.4) is 0 Å². The van der Waals surface area contributed by atoms with Crippen LogP contribution < -0.4 is 0 Å². The number of nitrogens with zero attached hydrogens (tertiary/aromatic N) is 1. The van der Waals surface area contributed by atoms with E-state index in [1.165, 1.54) is 24.3 Å². The highest BCUT2D eigenvalue weighted by molar-refractivity contribution is 5.96. The van der Waals surface area contributed by atoms with E-state index in [0.29, 0.717) is 18.4 Å². The zero-order chi connectivity index (χ0) is 15.1. The lowest BCUT2D eigenvalue weighted by molar-refractivity contribution is -0.384. The lowest BCUT2D eigenvalue weighted by Gasteiger charge is -1.99. The molecule has 4 nitrogen and oxygen atoms in total. The third-order valence-electron chi connectivity index (χ3n) is 3.05. The molecule has 0 fully saturated rings. The molecule has 4 heteroatoms. The van der Waals surface area contributed by atoms with E-state index >= 15 is 0 Å². The number of Topliss-reactive ketones (excluding diaryl/α,β-unsaturated/α-hetero) is 1. The maximum atomic E-state index is 11.9. The zero-order valence-corrected chi connectivity index (χ0v) is 11.4. The molecule has 0 bridgehead atoms. The summed E-state index contributed by atoms with van der Waals surface area (Å²) in [5.74, 6) is -0.0115. The van der Waals surface area contributed by atoms with Gasteiger partial charge in [0.05, 0.1) is 4.92 Å². The molecule has 0 radical (unpaired) electrons. The molecule has 2 rings (SSSR count). The number of rotatable bonds is 6. The molecule has 0 aromatic heterocycles. The quantitative estimate of drug-likeness (QED) is 0.451. The smallest absolute Gasteiger partial charge is 0.269 e. The van der Waals surface area contributed by atoms with Crippen molar-refractivity contribution in [3.8, 4) is 0 Å². The Balaban J connectivity index is 1.87. The van der Waals surface area contributed by atoms with Gasteiger partial charge in [-0.1, -0.05) is 42.5 Å². The Hall–Kier alpha value is -2.75. The van der Waals surface area contributed by atoms with Gasteiger partial charge in [-0.25, -0.2) is 0 Å². The number of carbonyl (C=O) groups is 1. The van der Waals surface area contributed by atoms with Crippen LogP contribution >= 0.6 is 0 Å². The van der Waals surface area contributed by atoms with E-state index in [1.807, 2.05) is 42.5 Å². The Labute approximate surface area is 122 Å². The molecular weight excluding hydrogens is 266 g/mol. The summed E-state index contributed by atoms with van der Waals surface area (Å²) in [5, 5.41) is 10.5. The summed E-state index contributed by atoms with van der Waals surface area (Å²) >= 11 is 0. The fourth-order valence-corrected chi connectivity index (χ4v) is 1.91. The molecule has 0 heterocycles. The summed E-state index contributed by atoms with van der Waals surface area (Å²) < 4.78 is 0. The second kappa shape index (κ2) is 7.14. The van der Waals surface area contributed by atoms with Crippen molar-refractivity contribution in [3.05, 3.63) is 81.9 Å². The van der Waals surface area contributed by atoms with E-state index in [9.17, 15) is 14.9 Å². The van der Waals surface area contributed by atoms with Gasteiger partial charge in [0, 0.05) is 24.1 Å². The zero-order valence-electron chi connectivity index (χ0n) is 11.4. The molecule has 0 atom stereocenters. The Morgan fingerprint density at radius 1 is 1.05 bits per heavy atom. The predicted molar refractivity (Wildman–Crippen MR) is 82.1 cm³/mol. The van der Waals surface area contributed by atoms with E-state index in [2.05, 4.69) is 0 Å². The van der Waals surface area contributed by atoms with Crippen molar-refractivity contribution in [2.45, 2.75) is 12.8 Å². The molecule has 0 spiro atoms. The topological polar surface area (TPSA) is 60.2 Å². The molecule has 0 saturated heterocycles. The van der Waals surface area contributed by atoms with Gasteiger partial charge in [0.15, 0.2) is 5.78 Å². The number of nitro benzene ring substituents is 1. The van der Waals surface area contributed by atoms with Crippen molar-refractivity contribution in [2.75, 3.05) is 0 Å². The lowest BCUT2D eigenvalue weighted by Crippen LogP contribution is -1.98. The minimum absolute atomic E-state index is 0.00414. The highest BCUT2D eigenvalue weighted by Crippen LogP contribution is 2.14. The van der Waals surface area contributed by atoms with Crippen LogP contribution in [0.2, 0.25) is 0 Å². The summed E-state index contributed by atoms with van der Waals surface area (Å²) in [6.07, 6.45) is 4.97. The predicted octanol–water partition coefficient (Wildman–Crippen LogP) is 4.27. The first-order chi connectivity index (χ1) is 10.2. The van der Waals surface area contributed by atoms with Gasteiger partial charge in [-0.15, -0.1) is 0 Å². The van der Waals surface area contributed by atoms with E-state index in [0.717, 1.165) is 5.56 Å². The number of non-ortho nitro benzene ring substituents is 1. The lowest BCUT2D eigenvalue weighted by atomic mass is 10.1. The Kier molecular flexibility index (Phi) is 4.99. The third kappa shape index (κ3) is 4.38. The number of benzene rings is 2. The molecular formula is C17H15NO3. The molecule has 0 saturated carbocycles. The Morgan fingerprint density at radius 2 is 1.71 bits per heavy atom. The van der Waals surface area contributed by atoms with Crippen LogP contribution in [-0.4, -0.2) is 10.7 Å². The first kappa shape index (κ1) is 14.7. The molecule has 106 valence electrons. The van der Waals surface area contributed by atoms with Gasteiger partial charge >= 0.3 is 0 Å². The molecule has 21 heavy (non-hydrogen) atoms. The number of allylic oxidation sites excluding steroid dienone is 1. The summed E-state index contributed by atoms with van der Waals surface area (Å²) in [4.78, 5) is 22.0. The first-order valence-electron chi connectivity index (χ1n) is 6.66. The summed E-state index contributed by atoms with van der Waals surface area (Å²) in [7, 11) is 0. The highest BCUT2D eigenvalue weighted by Gasteiger charge is 2.08. The van der Waals surface area contributed by atoms with Crippen LogP contribution in [0.1, 0.15) is 28.8 Å². The molecule has 0 N–H and O–H groups in total. The number of carbonyl (C=O) groups excluding carboxylic acids is 1. The largest absolute Gasteiger partial charge is 0.294 e. The van der Waals surface area contributed by atoms with Gasteiger partial charge in [-0.05, 0) is 24.1 Å². The Bertz CT molecular complexity index is 645. The minimum atomic E-state index is -0.475.